The maximum atomic E-state index is 12.3. The first-order valence-electron chi connectivity index (χ1n) is 6.64. The molecule has 1 aliphatic carbocycles. The van der Waals surface area contributed by atoms with E-state index in [2.05, 4.69) is 0 Å². The highest BCUT2D eigenvalue weighted by Gasteiger charge is 2.31. The molecule has 0 heterocycles. The highest BCUT2D eigenvalue weighted by Crippen LogP contribution is 2.34. The van der Waals surface area contributed by atoms with E-state index in [4.69, 9.17) is 4.18 Å². The molecular formula is C16H14O4S. The van der Waals surface area contributed by atoms with Crippen molar-refractivity contribution in [1.82, 2.24) is 0 Å². The maximum absolute atomic E-state index is 12.3. The molecule has 0 fully saturated rings. The van der Waals surface area contributed by atoms with Gasteiger partial charge in [-0.05, 0) is 30.2 Å². The summed E-state index contributed by atoms with van der Waals surface area (Å²) in [5.74, 6) is -0.0845. The Labute approximate surface area is 123 Å². The first-order chi connectivity index (χ1) is 9.99. The molecule has 0 amide bonds. The molecule has 21 heavy (non-hydrogen) atoms. The van der Waals surface area contributed by atoms with Crippen molar-refractivity contribution in [3.8, 4) is 5.75 Å². The molecule has 0 N–H and O–H groups in total. The van der Waals surface area contributed by atoms with E-state index >= 15 is 0 Å². The van der Waals surface area contributed by atoms with Gasteiger partial charge >= 0.3 is 10.1 Å². The molecule has 1 atom stereocenters. The average Bonchev–Trinajstić information content (AvgIpc) is 2.76. The summed E-state index contributed by atoms with van der Waals surface area (Å²) in [6.45, 7) is 1.83. The van der Waals surface area contributed by atoms with E-state index in [-0.39, 0.29) is 22.3 Å². The number of carbonyl (C=O) groups excluding carboxylic acids is 1. The van der Waals surface area contributed by atoms with E-state index in [1.165, 1.54) is 18.2 Å². The number of benzene rings is 2. The Morgan fingerprint density at radius 3 is 2.48 bits per heavy atom. The Hall–Kier alpha value is -2.14. The average molecular weight is 302 g/mol. The molecule has 2 aromatic carbocycles. The van der Waals surface area contributed by atoms with Gasteiger partial charge in [-0.15, -0.1) is 0 Å². The van der Waals surface area contributed by atoms with Crippen LogP contribution in [-0.4, -0.2) is 14.2 Å². The molecule has 5 heteroatoms. The van der Waals surface area contributed by atoms with Gasteiger partial charge in [-0.2, -0.15) is 8.42 Å². The normalized spacial score (nSPS) is 17.6. The van der Waals surface area contributed by atoms with Gasteiger partial charge in [0.05, 0.1) is 5.56 Å². The minimum atomic E-state index is -3.93. The Bertz CT molecular complexity index is 794. The van der Waals surface area contributed by atoms with Gasteiger partial charge < -0.3 is 4.18 Å². The first-order valence-corrected chi connectivity index (χ1v) is 8.05. The van der Waals surface area contributed by atoms with E-state index < -0.39 is 10.1 Å². The van der Waals surface area contributed by atoms with Crippen LogP contribution in [0, 0.1) is 5.92 Å². The molecule has 108 valence electrons. The fourth-order valence-electron chi connectivity index (χ4n) is 2.52. The van der Waals surface area contributed by atoms with E-state index in [9.17, 15) is 13.2 Å². The lowest BCUT2D eigenvalue weighted by Crippen LogP contribution is -2.12. The molecule has 2 aromatic rings. The molecule has 0 bridgehead atoms. The summed E-state index contributed by atoms with van der Waals surface area (Å²) >= 11 is 0. The van der Waals surface area contributed by atoms with Crippen molar-refractivity contribution >= 4 is 15.9 Å². The molecule has 0 spiro atoms. The van der Waals surface area contributed by atoms with E-state index in [1.54, 1.807) is 24.3 Å². The van der Waals surface area contributed by atoms with Crippen molar-refractivity contribution in [1.29, 1.82) is 0 Å². The predicted octanol–water partition coefficient (Wildman–Crippen LogP) is 2.83. The Morgan fingerprint density at radius 2 is 1.76 bits per heavy atom. The second-order valence-electron chi connectivity index (χ2n) is 5.11. The standard InChI is InChI=1S/C16H14O4S/c1-11-10-12-6-5-9-14(15(12)16(11)17)20-21(18,19)13-7-3-2-4-8-13/h2-9,11H,10H2,1H3. The van der Waals surface area contributed by atoms with Gasteiger partial charge in [0.25, 0.3) is 0 Å². The number of hydrogen-bond donors (Lipinski definition) is 0. The van der Waals surface area contributed by atoms with Crippen molar-refractivity contribution in [2.75, 3.05) is 0 Å². The Balaban J connectivity index is 2.02. The summed E-state index contributed by atoms with van der Waals surface area (Å²) < 4.78 is 29.7. The van der Waals surface area contributed by atoms with Crippen LogP contribution in [0.25, 0.3) is 0 Å². The van der Waals surface area contributed by atoms with Gasteiger partial charge in [0, 0.05) is 5.92 Å². The van der Waals surface area contributed by atoms with Crippen LogP contribution in [0.2, 0.25) is 0 Å². The van der Waals surface area contributed by atoms with Crippen LogP contribution in [0.4, 0.5) is 0 Å². The van der Waals surface area contributed by atoms with Crippen molar-refractivity contribution in [2.45, 2.75) is 18.2 Å². The number of Topliss-reactive ketones (excluding diaryl/α,β-unsaturated/α-hetero) is 1. The highest BCUT2D eigenvalue weighted by atomic mass is 32.2. The van der Waals surface area contributed by atoms with Gasteiger partial charge in [-0.1, -0.05) is 37.3 Å². The van der Waals surface area contributed by atoms with Gasteiger partial charge in [0.15, 0.2) is 11.5 Å². The van der Waals surface area contributed by atoms with Crippen LogP contribution < -0.4 is 4.18 Å². The predicted molar refractivity (Wildman–Crippen MR) is 77.9 cm³/mol. The van der Waals surface area contributed by atoms with Crippen LogP contribution in [0.3, 0.4) is 0 Å². The van der Waals surface area contributed by atoms with Gasteiger partial charge in [-0.3, -0.25) is 4.79 Å². The van der Waals surface area contributed by atoms with Crippen molar-refractivity contribution < 1.29 is 17.4 Å². The molecule has 0 saturated carbocycles. The smallest absolute Gasteiger partial charge is 0.339 e. The molecule has 0 aliphatic heterocycles. The zero-order chi connectivity index (χ0) is 15.0. The lowest BCUT2D eigenvalue weighted by Gasteiger charge is -2.10. The fraction of sp³-hybridized carbons (Fsp3) is 0.188. The third kappa shape index (κ3) is 2.45. The first kappa shape index (κ1) is 13.8. The van der Waals surface area contributed by atoms with Gasteiger partial charge in [0.1, 0.15) is 4.90 Å². The zero-order valence-electron chi connectivity index (χ0n) is 11.4. The molecule has 0 saturated heterocycles. The lowest BCUT2D eigenvalue weighted by atomic mass is 10.1. The van der Waals surface area contributed by atoms with Crippen LogP contribution in [0.5, 0.6) is 5.75 Å². The summed E-state index contributed by atoms with van der Waals surface area (Å²) in [5, 5.41) is 0. The van der Waals surface area contributed by atoms with Crippen LogP contribution >= 0.6 is 0 Å². The van der Waals surface area contributed by atoms with E-state index in [0.717, 1.165) is 5.56 Å². The number of hydrogen-bond acceptors (Lipinski definition) is 4. The van der Waals surface area contributed by atoms with Crippen molar-refractivity contribution in [3.63, 3.8) is 0 Å². The Kier molecular flexibility index (Phi) is 3.29. The minimum absolute atomic E-state index is 0.0659. The Morgan fingerprint density at radius 1 is 1.05 bits per heavy atom. The molecule has 0 aromatic heterocycles. The minimum Gasteiger partial charge on any atom is -0.378 e. The zero-order valence-corrected chi connectivity index (χ0v) is 12.3. The highest BCUT2D eigenvalue weighted by molar-refractivity contribution is 7.87. The molecule has 0 radical (unpaired) electrons. The van der Waals surface area contributed by atoms with Crippen molar-refractivity contribution in [3.05, 3.63) is 59.7 Å². The number of rotatable bonds is 3. The monoisotopic (exact) mass is 302 g/mol. The molecule has 3 rings (SSSR count). The van der Waals surface area contributed by atoms with Crippen LogP contribution in [0.15, 0.2) is 53.4 Å². The molecule has 4 nitrogen and oxygen atoms in total. The summed E-state index contributed by atoms with van der Waals surface area (Å²) in [5.41, 5.74) is 1.23. The molecule has 1 unspecified atom stereocenters. The van der Waals surface area contributed by atoms with Gasteiger partial charge in [0.2, 0.25) is 0 Å². The summed E-state index contributed by atoms with van der Waals surface area (Å²) in [6, 6.07) is 13.0. The van der Waals surface area contributed by atoms with E-state index in [0.29, 0.717) is 12.0 Å². The molecular weight excluding hydrogens is 288 g/mol. The quantitative estimate of drug-likeness (QED) is 0.818. The number of carbonyl (C=O) groups is 1. The largest absolute Gasteiger partial charge is 0.378 e. The third-order valence-corrected chi connectivity index (χ3v) is 4.81. The number of ketones is 1. The maximum Gasteiger partial charge on any atom is 0.339 e. The summed E-state index contributed by atoms with van der Waals surface area (Å²) in [6.07, 6.45) is 0.622. The fourth-order valence-corrected chi connectivity index (χ4v) is 3.48. The van der Waals surface area contributed by atoms with Crippen LogP contribution in [-0.2, 0) is 16.5 Å². The topological polar surface area (TPSA) is 60.4 Å². The lowest BCUT2D eigenvalue weighted by molar-refractivity contribution is 0.0945. The van der Waals surface area contributed by atoms with Gasteiger partial charge in [-0.25, -0.2) is 0 Å². The second-order valence-corrected chi connectivity index (χ2v) is 6.66. The number of fused-ring (bicyclic) bond motifs is 1. The van der Waals surface area contributed by atoms with Crippen LogP contribution in [0.1, 0.15) is 22.8 Å². The van der Waals surface area contributed by atoms with E-state index in [1.807, 2.05) is 13.0 Å². The second kappa shape index (κ2) is 5.00. The van der Waals surface area contributed by atoms with Crippen molar-refractivity contribution in [2.24, 2.45) is 5.92 Å². The summed E-state index contributed by atoms with van der Waals surface area (Å²) in [7, 11) is -3.93. The summed E-state index contributed by atoms with van der Waals surface area (Å²) in [4.78, 5) is 12.2. The SMILES string of the molecule is CC1Cc2cccc(OS(=O)(=O)c3ccccc3)c2C1=O. The molecule has 1 aliphatic rings. The third-order valence-electron chi connectivity index (χ3n) is 3.56.